The SMILES string of the molecule is CCCC(NC(=O)[C@@H]1CCCN1C(=O)[C@@H](NC(=O)OCCC/C=C/c1ccc2cc[nH]c(=O)c2c1)C(C)(C)C)C(N)=O. The molecule has 3 atom stereocenters. The summed E-state index contributed by atoms with van der Waals surface area (Å²) in [7, 11) is 0. The number of fused-ring (bicyclic) bond motifs is 1. The molecule has 0 radical (unpaired) electrons. The Bertz CT molecular complexity index is 1360. The van der Waals surface area contributed by atoms with E-state index in [-0.39, 0.29) is 18.1 Å². The van der Waals surface area contributed by atoms with Gasteiger partial charge in [0.1, 0.15) is 18.1 Å². The third-order valence-electron chi connectivity index (χ3n) is 7.31. The second-order valence-electron chi connectivity index (χ2n) is 11.7. The fourth-order valence-electron chi connectivity index (χ4n) is 5.01. The molecule has 2 heterocycles. The predicted molar refractivity (Wildman–Crippen MR) is 161 cm³/mol. The van der Waals surface area contributed by atoms with E-state index in [4.69, 9.17) is 10.5 Å². The first-order chi connectivity index (χ1) is 19.9. The van der Waals surface area contributed by atoms with Crippen LogP contribution in [0.3, 0.4) is 0 Å². The van der Waals surface area contributed by atoms with Crippen molar-refractivity contribution in [2.45, 2.75) is 84.3 Å². The quantitative estimate of drug-likeness (QED) is 0.281. The number of alkyl carbamates (subject to hydrolysis) is 1. The topological polar surface area (TPSA) is 164 Å². The Morgan fingerprint density at radius 3 is 2.64 bits per heavy atom. The summed E-state index contributed by atoms with van der Waals surface area (Å²) in [4.78, 5) is 67.1. The number of primary amides is 1. The first-order valence-electron chi connectivity index (χ1n) is 14.5. The minimum absolute atomic E-state index is 0.138. The zero-order valence-electron chi connectivity index (χ0n) is 24.9. The molecule has 1 fully saturated rings. The van der Waals surface area contributed by atoms with Crippen LogP contribution in [0.2, 0.25) is 0 Å². The van der Waals surface area contributed by atoms with E-state index in [1.165, 1.54) is 4.90 Å². The molecule has 11 nitrogen and oxygen atoms in total. The van der Waals surface area contributed by atoms with E-state index in [1.54, 1.807) is 6.20 Å². The van der Waals surface area contributed by atoms with Crippen molar-refractivity contribution < 1.29 is 23.9 Å². The van der Waals surface area contributed by atoms with Crippen molar-refractivity contribution in [1.82, 2.24) is 20.5 Å². The van der Waals surface area contributed by atoms with Crippen molar-refractivity contribution in [2.75, 3.05) is 13.2 Å². The number of pyridine rings is 1. The van der Waals surface area contributed by atoms with Gasteiger partial charge in [0.25, 0.3) is 5.56 Å². The number of ether oxygens (including phenoxy) is 1. The van der Waals surface area contributed by atoms with E-state index in [0.717, 1.165) is 10.9 Å². The van der Waals surface area contributed by atoms with Crippen LogP contribution in [0, 0.1) is 5.41 Å². The van der Waals surface area contributed by atoms with Gasteiger partial charge < -0.3 is 31.0 Å². The molecule has 1 aromatic heterocycles. The summed E-state index contributed by atoms with van der Waals surface area (Å²) in [5.41, 5.74) is 5.54. The molecule has 5 N–H and O–H groups in total. The molecular weight excluding hydrogens is 538 g/mol. The molecule has 1 aliphatic rings. The maximum Gasteiger partial charge on any atom is 0.407 e. The number of aromatic amines is 1. The lowest BCUT2D eigenvalue weighted by atomic mass is 9.85. The smallest absolute Gasteiger partial charge is 0.407 e. The zero-order chi connectivity index (χ0) is 30.9. The van der Waals surface area contributed by atoms with Crippen molar-refractivity contribution in [2.24, 2.45) is 11.1 Å². The molecule has 0 aliphatic carbocycles. The van der Waals surface area contributed by atoms with Crippen LogP contribution < -0.4 is 21.9 Å². The molecule has 42 heavy (non-hydrogen) atoms. The van der Waals surface area contributed by atoms with Gasteiger partial charge in [-0.05, 0) is 60.6 Å². The first-order valence-corrected chi connectivity index (χ1v) is 14.5. The Kier molecular flexibility index (Phi) is 11.3. The molecule has 228 valence electrons. The maximum absolute atomic E-state index is 13.6. The summed E-state index contributed by atoms with van der Waals surface area (Å²) in [5, 5.41) is 6.88. The van der Waals surface area contributed by atoms with Gasteiger partial charge >= 0.3 is 6.09 Å². The Labute approximate surface area is 246 Å². The number of rotatable bonds is 12. The molecule has 2 aromatic rings. The standard InChI is InChI=1S/C31H43N5O6/c1-5-10-23(26(32)37)34-28(39)24-12-9-17-36(24)29(40)25(31(2,3)4)35-30(41)42-18-8-6-7-11-20-13-14-21-15-16-33-27(38)22(21)19-20/h7,11,13-16,19,23-25H,5-6,8-10,12,17-18H2,1-4H3,(H2,32,37)(H,33,38)(H,34,39)(H,35,41)/b11-7+/t23?,24-,25+/m0/s1. The van der Waals surface area contributed by atoms with Crippen molar-refractivity contribution in [3.63, 3.8) is 0 Å². The molecule has 1 saturated heterocycles. The Hall–Kier alpha value is -4.15. The monoisotopic (exact) mass is 581 g/mol. The van der Waals surface area contributed by atoms with Gasteiger partial charge in [0.15, 0.2) is 0 Å². The molecule has 3 rings (SSSR count). The zero-order valence-corrected chi connectivity index (χ0v) is 24.9. The molecule has 0 saturated carbocycles. The van der Waals surface area contributed by atoms with Gasteiger partial charge in [-0.3, -0.25) is 19.2 Å². The number of aromatic nitrogens is 1. The maximum atomic E-state index is 13.6. The largest absolute Gasteiger partial charge is 0.450 e. The second-order valence-corrected chi connectivity index (χ2v) is 11.7. The highest BCUT2D eigenvalue weighted by molar-refractivity contribution is 5.94. The number of allylic oxidation sites excluding steroid dienone is 1. The van der Waals surface area contributed by atoms with E-state index in [0.29, 0.717) is 50.5 Å². The lowest BCUT2D eigenvalue weighted by Gasteiger charge is -2.35. The highest BCUT2D eigenvalue weighted by atomic mass is 16.5. The number of H-pyrrole nitrogens is 1. The van der Waals surface area contributed by atoms with Crippen LogP contribution >= 0.6 is 0 Å². The van der Waals surface area contributed by atoms with E-state index >= 15 is 0 Å². The number of amides is 4. The summed E-state index contributed by atoms with van der Waals surface area (Å²) in [5.74, 6) is -1.41. The number of benzene rings is 1. The molecule has 4 amide bonds. The summed E-state index contributed by atoms with van der Waals surface area (Å²) in [6.45, 7) is 7.90. The molecule has 0 bridgehead atoms. The Morgan fingerprint density at radius 1 is 1.19 bits per heavy atom. The Morgan fingerprint density at radius 2 is 1.95 bits per heavy atom. The molecule has 1 aromatic carbocycles. The highest BCUT2D eigenvalue weighted by Crippen LogP contribution is 2.26. The van der Waals surface area contributed by atoms with E-state index in [2.05, 4.69) is 15.6 Å². The van der Waals surface area contributed by atoms with Gasteiger partial charge in [-0.25, -0.2) is 4.79 Å². The average Bonchev–Trinajstić information content (AvgIpc) is 3.43. The van der Waals surface area contributed by atoms with E-state index in [9.17, 15) is 24.0 Å². The van der Waals surface area contributed by atoms with Gasteiger partial charge in [-0.2, -0.15) is 0 Å². The van der Waals surface area contributed by atoms with Crippen LogP contribution in [0.25, 0.3) is 16.8 Å². The van der Waals surface area contributed by atoms with Gasteiger partial charge in [-0.1, -0.05) is 58.4 Å². The van der Waals surface area contributed by atoms with Gasteiger partial charge in [-0.15, -0.1) is 0 Å². The summed E-state index contributed by atoms with van der Waals surface area (Å²) < 4.78 is 5.36. The van der Waals surface area contributed by atoms with Gasteiger partial charge in [0.05, 0.1) is 6.61 Å². The minimum atomic E-state index is -0.920. The molecule has 11 heteroatoms. The van der Waals surface area contributed by atoms with Gasteiger partial charge in [0, 0.05) is 18.1 Å². The number of hydrogen-bond acceptors (Lipinski definition) is 6. The van der Waals surface area contributed by atoms with Crippen LogP contribution in [0.1, 0.15) is 71.8 Å². The number of nitrogens with zero attached hydrogens (tertiary/aromatic N) is 1. The lowest BCUT2D eigenvalue weighted by Crippen LogP contribution is -2.58. The van der Waals surface area contributed by atoms with Crippen LogP contribution in [0.15, 0.2) is 41.3 Å². The molecular formula is C31H43N5O6. The number of likely N-dealkylation sites (tertiary alicyclic amines) is 1. The number of carbonyl (C=O) groups is 4. The number of nitrogens with two attached hydrogens (primary N) is 1. The number of hydrogen-bond donors (Lipinski definition) is 4. The summed E-state index contributed by atoms with van der Waals surface area (Å²) in [6.07, 6.45) is 8.16. The van der Waals surface area contributed by atoms with Crippen LogP contribution in [0.4, 0.5) is 4.79 Å². The fourth-order valence-corrected chi connectivity index (χ4v) is 5.01. The summed E-state index contributed by atoms with van der Waals surface area (Å²) in [6, 6.07) is 5.04. The second kappa shape index (κ2) is 14.7. The van der Waals surface area contributed by atoms with Crippen LogP contribution in [-0.2, 0) is 19.1 Å². The van der Waals surface area contributed by atoms with Crippen molar-refractivity contribution in [3.05, 3.63) is 52.5 Å². The van der Waals surface area contributed by atoms with E-state index < -0.39 is 41.4 Å². The molecule has 1 aliphatic heterocycles. The minimum Gasteiger partial charge on any atom is -0.450 e. The first kappa shape index (κ1) is 32.4. The lowest BCUT2D eigenvalue weighted by molar-refractivity contribution is -0.142. The van der Waals surface area contributed by atoms with Crippen LogP contribution in [-0.4, -0.2) is 65.0 Å². The number of unbranched alkanes of at least 4 members (excludes halogenated alkanes) is 1. The average molecular weight is 582 g/mol. The Balaban J connectivity index is 1.52. The number of nitrogens with one attached hydrogen (secondary N) is 3. The normalized spacial score (nSPS) is 16.8. The predicted octanol–water partition coefficient (Wildman–Crippen LogP) is 3.22. The summed E-state index contributed by atoms with van der Waals surface area (Å²) >= 11 is 0. The molecule has 1 unspecified atom stereocenters. The third kappa shape index (κ3) is 8.67. The number of carbonyl (C=O) groups excluding carboxylic acids is 4. The van der Waals surface area contributed by atoms with E-state index in [1.807, 2.05) is 64.1 Å². The molecule has 0 spiro atoms. The van der Waals surface area contributed by atoms with Gasteiger partial charge in [0.2, 0.25) is 17.7 Å². The van der Waals surface area contributed by atoms with Crippen molar-refractivity contribution in [1.29, 1.82) is 0 Å². The van der Waals surface area contributed by atoms with Crippen molar-refractivity contribution >= 4 is 40.7 Å². The van der Waals surface area contributed by atoms with Crippen LogP contribution in [0.5, 0.6) is 0 Å². The van der Waals surface area contributed by atoms with Crippen molar-refractivity contribution in [3.8, 4) is 0 Å². The fraction of sp³-hybridized carbons (Fsp3) is 0.516. The third-order valence-corrected chi connectivity index (χ3v) is 7.31. The highest BCUT2D eigenvalue weighted by Gasteiger charge is 2.42.